The molecule has 0 bridgehead atoms. The Hall–Kier alpha value is -2.88. The molecule has 0 radical (unpaired) electrons. The Kier molecular flexibility index (Phi) is 4.01. The number of hydrogen-bond donors (Lipinski definition) is 1. The summed E-state index contributed by atoms with van der Waals surface area (Å²) >= 11 is 0. The fraction of sp³-hybridized carbons (Fsp3) is 0.111. The van der Waals surface area contributed by atoms with Crippen LogP contribution in [0.25, 0.3) is 10.8 Å². The van der Waals surface area contributed by atoms with Crippen LogP contribution >= 0.6 is 0 Å². The lowest BCUT2D eigenvalue weighted by Gasteiger charge is -2.06. The zero-order chi connectivity index (χ0) is 15.4. The molecule has 0 atom stereocenters. The lowest BCUT2D eigenvalue weighted by atomic mass is 10.1. The topological polar surface area (TPSA) is 51.2 Å². The Bertz CT molecular complexity index is 798. The van der Waals surface area contributed by atoms with Crippen LogP contribution in [0, 0.1) is 0 Å². The van der Waals surface area contributed by atoms with E-state index in [1.807, 2.05) is 48.5 Å². The molecule has 0 aliphatic heterocycles. The first-order chi connectivity index (χ1) is 10.8. The molecule has 1 N–H and O–H groups in total. The van der Waals surface area contributed by atoms with Crippen LogP contribution in [0.1, 0.15) is 16.1 Å². The maximum Gasteiger partial charge on any atom is 0.270 e. The molecule has 1 aromatic heterocycles. The number of pyridine rings is 1. The largest absolute Gasteiger partial charge is 0.497 e. The number of methoxy groups -OCH3 is 1. The smallest absolute Gasteiger partial charge is 0.270 e. The van der Waals surface area contributed by atoms with Crippen molar-refractivity contribution in [3.63, 3.8) is 0 Å². The molecule has 0 aliphatic carbocycles. The van der Waals surface area contributed by atoms with Crippen molar-refractivity contribution >= 4 is 16.7 Å². The second kappa shape index (κ2) is 6.26. The predicted molar refractivity (Wildman–Crippen MR) is 85.9 cm³/mol. The van der Waals surface area contributed by atoms with Gasteiger partial charge in [0, 0.05) is 18.1 Å². The summed E-state index contributed by atoms with van der Waals surface area (Å²) in [6.45, 7) is 0.456. The van der Waals surface area contributed by atoms with Gasteiger partial charge in [0.2, 0.25) is 0 Å². The van der Waals surface area contributed by atoms with Crippen LogP contribution in [-0.4, -0.2) is 18.0 Å². The number of rotatable bonds is 4. The third-order valence-electron chi connectivity index (χ3n) is 3.48. The van der Waals surface area contributed by atoms with Crippen molar-refractivity contribution in [2.24, 2.45) is 0 Å². The minimum Gasteiger partial charge on any atom is -0.497 e. The van der Waals surface area contributed by atoms with Gasteiger partial charge in [-0.1, -0.05) is 36.4 Å². The standard InChI is InChI=1S/C18H16N2O2/c1-22-16-8-6-13(7-9-16)11-20-18(21)17-10-14-4-2-3-5-15(14)12-19-17/h2-10,12H,11H2,1H3,(H,20,21). The molecule has 110 valence electrons. The summed E-state index contributed by atoms with van der Waals surface area (Å²) < 4.78 is 5.11. The SMILES string of the molecule is COc1ccc(CNC(=O)c2cc3ccccc3cn2)cc1. The van der Waals surface area contributed by atoms with Crippen LogP contribution in [0.5, 0.6) is 5.75 Å². The zero-order valence-electron chi connectivity index (χ0n) is 12.2. The van der Waals surface area contributed by atoms with Gasteiger partial charge in [-0.25, -0.2) is 0 Å². The van der Waals surface area contributed by atoms with E-state index in [0.717, 1.165) is 22.1 Å². The molecular formula is C18H16N2O2. The third kappa shape index (κ3) is 3.06. The monoisotopic (exact) mass is 292 g/mol. The van der Waals surface area contributed by atoms with Gasteiger partial charge < -0.3 is 10.1 Å². The van der Waals surface area contributed by atoms with Crippen molar-refractivity contribution in [3.05, 3.63) is 72.1 Å². The Morgan fingerprint density at radius 3 is 2.55 bits per heavy atom. The van der Waals surface area contributed by atoms with Crippen LogP contribution in [0.4, 0.5) is 0 Å². The van der Waals surface area contributed by atoms with Gasteiger partial charge in [-0.3, -0.25) is 9.78 Å². The van der Waals surface area contributed by atoms with Gasteiger partial charge in [-0.15, -0.1) is 0 Å². The summed E-state index contributed by atoms with van der Waals surface area (Å²) in [5.74, 6) is 0.618. The highest BCUT2D eigenvalue weighted by Gasteiger charge is 2.07. The second-order valence-electron chi connectivity index (χ2n) is 4.95. The van der Waals surface area contributed by atoms with Gasteiger partial charge >= 0.3 is 0 Å². The maximum absolute atomic E-state index is 12.2. The highest BCUT2D eigenvalue weighted by atomic mass is 16.5. The molecule has 0 spiro atoms. The van der Waals surface area contributed by atoms with E-state index in [-0.39, 0.29) is 5.91 Å². The number of nitrogens with one attached hydrogen (secondary N) is 1. The average Bonchev–Trinajstić information content (AvgIpc) is 2.59. The van der Waals surface area contributed by atoms with Crippen LogP contribution in [0.15, 0.2) is 60.8 Å². The van der Waals surface area contributed by atoms with Gasteiger partial charge in [0.1, 0.15) is 11.4 Å². The molecule has 1 amide bonds. The number of carbonyl (C=O) groups excluding carboxylic acids is 1. The van der Waals surface area contributed by atoms with Crippen molar-refractivity contribution in [2.45, 2.75) is 6.54 Å². The first-order valence-corrected chi connectivity index (χ1v) is 7.02. The minimum absolute atomic E-state index is 0.179. The number of fused-ring (bicyclic) bond motifs is 1. The van der Waals surface area contributed by atoms with Crippen LogP contribution in [0.2, 0.25) is 0 Å². The molecule has 0 aliphatic rings. The normalized spacial score (nSPS) is 10.4. The molecule has 3 aromatic rings. The van der Waals surface area contributed by atoms with E-state index in [0.29, 0.717) is 12.2 Å². The Balaban J connectivity index is 1.69. The number of hydrogen-bond acceptors (Lipinski definition) is 3. The highest BCUT2D eigenvalue weighted by Crippen LogP contribution is 2.14. The van der Waals surface area contributed by atoms with E-state index in [1.54, 1.807) is 19.4 Å². The van der Waals surface area contributed by atoms with Crippen molar-refractivity contribution in [3.8, 4) is 5.75 Å². The maximum atomic E-state index is 12.2. The summed E-state index contributed by atoms with van der Waals surface area (Å²) in [5.41, 5.74) is 1.43. The lowest BCUT2D eigenvalue weighted by molar-refractivity contribution is 0.0946. The number of benzene rings is 2. The Morgan fingerprint density at radius 1 is 1.09 bits per heavy atom. The van der Waals surface area contributed by atoms with E-state index < -0.39 is 0 Å². The Morgan fingerprint density at radius 2 is 1.82 bits per heavy atom. The first-order valence-electron chi connectivity index (χ1n) is 7.02. The fourth-order valence-corrected chi connectivity index (χ4v) is 2.22. The van der Waals surface area contributed by atoms with E-state index in [2.05, 4.69) is 10.3 Å². The molecular weight excluding hydrogens is 276 g/mol. The predicted octanol–water partition coefficient (Wildman–Crippen LogP) is 3.17. The van der Waals surface area contributed by atoms with Gasteiger partial charge in [0.25, 0.3) is 5.91 Å². The van der Waals surface area contributed by atoms with Crippen molar-refractivity contribution in [1.29, 1.82) is 0 Å². The number of amides is 1. The zero-order valence-corrected chi connectivity index (χ0v) is 12.2. The summed E-state index contributed by atoms with van der Waals surface area (Å²) in [6, 6.07) is 17.2. The summed E-state index contributed by atoms with van der Waals surface area (Å²) in [6.07, 6.45) is 1.72. The number of ether oxygens (including phenoxy) is 1. The van der Waals surface area contributed by atoms with Gasteiger partial charge in [-0.05, 0) is 29.1 Å². The van der Waals surface area contributed by atoms with E-state index in [4.69, 9.17) is 4.74 Å². The van der Waals surface area contributed by atoms with Crippen LogP contribution in [0.3, 0.4) is 0 Å². The molecule has 4 heteroatoms. The van der Waals surface area contributed by atoms with Gasteiger partial charge in [0.05, 0.1) is 7.11 Å². The molecule has 1 heterocycles. The summed E-state index contributed by atoms with van der Waals surface area (Å²) in [5, 5.41) is 4.90. The number of aromatic nitrogens is 1. The molecule has 0 saturated heterocycles. The highest BCUT2D eigenvalue weighted by molar-refractivity contribution is 5.96. The van der Waals surface area contributed by atoms with Crippen LogP contribution < -0.4 is 10.1 Å². The summed E-state index contributed by atoms with van der Waals surface area (Å²) in [4.78, 5) is 16.4. The van der Waals surface area contributed by atoms with E-state index >= 15 is 0 Å². The third-order valence-corrected chi connectivity index (χ3v) is 3.48. The van der Waals surface area contributed by atoms with E-state index in [9.17, 15) is 4.79 Å². The van der Waals surface area contributed by atoms with Crippen LogP contribution in [-0.2, 0) is 6.54 Å². The quantitative estimate of drug-likeness (QED) is 0.803. The van der Waals surface area contributed by atoms with Crippen molar-refractivity contribution in [1.82, 2.24) is 10.3 Å². The van der Waals surface area contributed by atoms with E-state index in [1.165, 1.54) is 0 Å². The minimum atomic E-state index is -0.179. The molecule has 0 fully saturated rings. The second-order valence-corrected chi connectivity index (χ2v) is 4.95. The summed E-state index contributed by atoms with van der Waals surface area (Å²) in [7, 11) is 1.63. The molecule has 3 rings (SSSR count). The molecule has 0 saturated carbocycles. The number of carbonyl (C=O) groups is 1. The van der Waals surface area contributed by atoms with Crippen molar-refractivity contribution < 1.29 is 9.53 Å². The fourth-order valence-electron chi connectivity index (χ4n) is 2.22. The lowest BCUT2D eigenvalue weighted by Crippen LogP contribution is -2.23. The molecule has 22 heavy (non-hydrogen) atoms. The molecule has 0 unspecified atom stereocenters. The Labute approximate surface area is 128 Å². The van der Waals surface area contributed by atoms with Gasteiger partial charge in [-0.2, -0.15) is 0 Å². The molecule has 4 nitrogen and oxygen atoms in total. The molecule has 2 aromatic carbocycles. The van der Waals surface area contributed by atoms with Crippen molar-refractivity contribution in [2.75, 3.05) is 7.11 Å². The van der Waals surface area contributed by atoms with Gasteiger partial charge in [0.15, 0.2) is 0 Å². The number of nitrogens with zero attached hydrogens (tertiary/aromatic N) is 1. The first kappa shape index (κ1) is 14.1. The average molecular weight is 292 g/mol.